The lowest BCUT2D eigenvalue weighted by Gasteiger charge is -2.49. The quantitative estimate of drug-likeness (QED) is 0.252. The monoisotopic (exact) mass is 530 g/mol. The molecule has 3 aromatic rings. The molecule has 0 aliphatic carbocycles. The van der Waals surface area contributed by atoms with Crippen LogP contribution in [0.25, 0.3) is 0 Å². The predicted octanol–water partition coefficient (Wildman–Crippen LogP) is -0.451. The summed E-state index contributed by atoms with van der Waals surface area (Å²) in [5, 5.41) is 27.3. The van der Waals surface area contributed by atoms with Gasteiger partial charge in [0.25, 0.3) is 5.91 Å². The first-order valence-electron chi connectivity index (χ1n) is 10.5. The van der Waals surface area contributed by atoms with Gasteiger partial charge in [0.05, 0.1) is 0 Å². The Labute approximate surface area is 210 Å². The molecule has 1 aromatic carbocycles. The van der Waals surface area contributed by atoms with E-state index in [9.17, 15) is 24.3 Å². The topological polar surface area (TPSA) is 189 Å². The van der Waals surface area contributed by atoms with Gasteiger partial charge in [-0.25, -0.2) is 14.3 Å². The summed E-state index contributed by atoms with van der Waals surface area (Å²) in [6.45, 7) is 0. The van der Waals surface area contributed by atoms with Crippen LogP contribution in [-0.2, 0) is 21.4 Å². The van der Waals surface area contributed by atoms with Crippen LogP contribution in [0.3, 0.4) is 0 Å². The number of aliphatic carboxylic acids is 1. The summed E-state index contributed by atoms with van der Waals surface area (Å²) >= 11 is 2.61. The van der Waals surface area contributed by atoms with Crippen LogP contribution in [0.5, 0.6) is 0 Å². The van der Waals surface area contributed by atoms with Crippen LogP contribution in [0.1, 0.15) is 17.3 Å². The van der Waals surface area contributed by atoms with E-state index in [2.05, 4.69) is 35.5 Å². The lowest BCUT2D eigenvalue weighted by Crippen LogP contribution is -2.71. The molecule has 3 atom stereocenters. The minimum Gasteiger partial charge on any atom is -0.477 e. The lowest BCUT2D eigenvalue weighted by molar-refractivity contribution is -0.150. The summed E-state index contributed by atoms with van der Waals surface area (Å²) in [6.07, 6.45) is 0. The predicted molar refractivity (Wildman–Crippen MR) is 125 cm³/mol. The third-order valence-corrected chi connectivity index (χ3v) is 8.07. The summed E-state index contributed by atoms with van der Waals surface area (Å²) in [4.78, 5) is 53.5. The van der Waals surface area contributed by atoms with Crippen molar-refractivity contribution >= 4 is 41.3 Å². The van der Waals surface area contributed by atoms with Crippen LogP contribution >= 0.6 is 23.5 Å². The Morgan fingerprint density at radius 1 is 1.33 bits per heavy atom. The van der Waals surface area contributed by atoms with E-state index < -0.39 is 40.9 Å². The van der Waals surface area contributed by atoms with Gasteiger partial charge in [-0.1, -0.05) is 47.3 Å². The molecule has 0 spiro atoms. The maximum atomic E-state index is 13.3. The zero-order valence-electron chi connectivity index (χ0n) is 18.5. The van der Waals surface area contributed by atoms with Crippen molar-refractivity contribution < 1.29 is 24.0 Å². The molecule has 0 radical (unpaired) electrons. The first-order chi connectivity index (χ1) is 17.3. The smallest absolute Gasteiger partial charge is 0.438 e. The maximum Gasteiger partial charge on any atom is 0.438 e. The highest BCUT2D eigenvalue weighted by molar-refractivity contribution is 8.01. The molecular weight excluding hydrogens is 512 g/mol. The number of aromatic nitrogens is 6. The molecule has 2 aromatic heterocycles. The molecule has 14 nitrogen and oxygen atoms in total. The maximum absolute atomic E-state index is 13.3. The van der Waals surface area contributed by atoms with Crippen LogP contribution in [0.4, 0.5) is 0 Å². The average Bonchev–Trinajstić information content (AvgIpc) is 3.48. The number of rotatable bonds is 8. The second-order valence-electron chi connectivity index (χ2n) is 7.85. The van der Waals surface area contributed by atoms with Gasteiger partial charge in [0.1, 0.15) is 23.0 Å². The van der Waals surface area contributed by atoms with Crippen molar-refractivity contribution in [3.63, 3.8) is 0 Å². The molecule has 2 unspecified atom stereocenters. The van der Waals surface area contributed by atoms with Crippen molar-refractivity contribution in [1.82, 2.24) is 40.6 Å². The first kappa shape index (κ1) is 23.8. The Morgan fingerprint density at radius 3 is 2.75 bits per heavy atom. The number of fused-ring (bicyclic) bond motifs is 1. The van der Waals surface area contributed by atoms with Gasteiger partial charge in [0.2, 0.25) is 11.1 Å². The van der Waals surface area contributed by atoms with E-state index >= 15 is 0 Å². The van der Waals surface area contributed by atoms with Gasteiger partial charge in [-0.2, -0.15) is 0 Å². The van der Waals surface area contributed by atoms with E-state index in [1.165, 1.54) is 33.1 Å². The summed E-state index contributed by atoms with van der Waals surface area (Å²) in [5.74, 6) is -3.58. The van der Waals surface area contributed by atoms with Gasteiger partial charge in [-0.3, -0.25) is 24.0 Å². The number of aryl methyl sites for hydroxylation is 1. The number of nitrogens with one attached hydrogen (secondary N) is 2. The standard InChI is InChI=1S/C20H18N8O6S2/c1-27-19(23-25-26-27)36-8-10-7-35-17-12(16(30)28(17)13(10)18(31)32)21-15(29)11(9-5-3-2-4-6-9)14-22-20(33)34-24-14/h2-6,11-12,17H,7-8H2,1H3,(H,21,29)(H,31,32)(H,22,24,33)/t11?,12-,17?/m1/s1. The fourth-order valence-electron chi connectivity index (χ4n) is 3.97. The van der Waals surface area contributed by atoms with E-state index in [0.29, 0.717) is 22.0 Å². The molecule has 2 aliphatic rings. The molecule has 16 heteroatoms. The number of thioether (sulfide) groups is 2. The molecular formula is C20H18N8O6S2. The van der Waals surface area contributed by atoms with Gasteiger partial charge < -0.3 is 10.4 Å². The second-order valence-corrected chi connectivity index (χ2v) is 9.90. The zero-order chi connectivity index (χ0) is 25.4. The van der Waals surface area contributed by atoms with Crippen molar-refractivity contribution in [2.75, 3.05) is 11.5 Å². The SMILES string of the molecule is Cn1nnnc1SCC1=C(C(=O)O)N2C(=O)[C@@H](NC(=O)C(c3ccccc3)c3noc(=O)[nH]3)C2SC1. The van der Waals surface area contributed by atoms with Crippen molar-refractivity contribution in [3.05, 3.63) is 63.5 Å². The van der Waals surface area contributed by atoms with Crippen LogP contribution < -0.4 is 11.1 Å². The second kappa shape index (κ2) is 9.62. The summed E-state index contributed by atoms with van der Waals surface area (Å²) in [5.41, 5.74) is 0.984. The number of carboxylic acids is 1. The molecule has 5 rings (SSSR count). The Morgan fingerprint density at radius 2 is 2.11 bits per heavy atom. The number of H-pyrrole nitrogens is 1. The number of carboxylic acid groups (broad SMARTS) is 1. The van der Waals surface area contributed by atoms with Gasteiger partial charge in [-0.05, 0) is 21.6 Å². The molecule has 0 bridgehead atoms. The number of benzene rings is 1. The molecule has 1 fully saturated rings. The molecule has 2 aliphatic heterocycles. The molecule has 1 saturated heterocycles. The van der Waals surface area contributed by atoms with Gasteiger partial charge in [0, 0.05) is 18.6 Å². The fraction of sp³-hybridized carbons (Fsp3) is 0.300. The Bertz CT molecular complexity index is 1420. The Balaban J connectivity index is 1.35. The van der Waals surface area contributed by atoms with Crippen LogP contribution in [0.2, 0.25) is 0 Å². The molecule has 36 heavy (non-hydrogen) atoms. The summed E-state index contributed by atoms with van der Waals surface area (Å²) in [7, 11) is 1.67. The minimum atomic E-state index is -1.23. The van der Waals surface area contributed by atoms with Crippen molar-refractivity contribution in [2.45, 2.75) is 22.5 Å². The molecule has 2 amide bonds. The number of carbonyl (C=O) groups excluding carboxylic acids is 2. The minimum absolute atomic E-state index is 0.00711. The van der Waals surface area contributed by atoms with E-state index in [4.69, 9.17) is 0 Å². The van der Waals surface area contributed by atoms with Crippen LogP contribution in [0, 0.1) is 0 Å². The summed E-state index contributed by atoms with van der Waals surface area (Å²) in [6, 6.07) is 7.64. The third-order valence-electron chi connectivity index (χ3n) is 5.63. The van der Waals surface area contributed by atoms with E-state index in [0.717, 1.165) is 0 Å². The number of tetrazole rings is 1. The van der Waals surface area contributed by atoms with Gasteiger partial charge in [-0.15, -0.1) is 16.9 Å². The third kappa shape index (κ3) is 4.28. The fourth-order valence-corrected chi connectivity index (χ4v) is 6.31. The average molecular weight is 531 g/mol. The number of hydrogen-bond acceptors (Lipinski definition) is 11. The number of amides is 2. The van der Waals surface area contributed by atoms with E-state index in [1.807, 2.05) is 0 Å². The Hall–Kier alpha value is -3.92. The van der Waals surface area contributed by atoms with Crippen molar-refractivity contribution in [3.8, 4) is 0 Å². The van der Waals surface area contributed by atoms with Crippen LogP contribution in [-0.4, -0.2) is 81.1 Å². The van der Waals surface area contributed by atoms with E-state index in [-0.39, 0.29) is 17.3 Å². The molecule has 186 valence electrons. The molecule has 3 N–H and O–H groups in total. The van der Waals surface area contributed by atoms with Gasteiger partial charge in [0.15, 0.2) is 5.82 Å². The molecule has 4 heterocycles. The lowest BCUT2D eigenvalue weighted by atomic mass is 9.95. The number of aromatic amines is 1. The number of nitrogens with zero attached hydrogens (tertiary/aromatic N) is 6. The first-order valence-corrected chi connectivity index (χ1v) is 12.5. The highest BCUT2D eigenvalue weighted by Gasteiger charge is 2.54. The highest BCUT2D eigenvalue weighted by atomic mass is 32.2. The Kier molecular flexibility index (Phi) is 6.36. The molecule has 0 saturated carbocycles. The zero-order valence-corrected chi connectivity index (χ0v) is 20.2. The number of carbonyl (C=O) groups is 3. The van der Waals surface area contributed by atoms with Crippen LogP contribution in [0.15, 0.2) is 56.1 Å². The normalized spacial score (nSPS) is 20.0. The highest BCUT2D eigenvalue weighted by Crippen LogP contribution is 2.41. The van der Waals surface area contributed by atoms with E-state index in [1.54, 1.807) is 37.4 Å². The van der Waals surface area contributed by atoms with Crippen molar-refractivity contribution in [1.29, 1.82) is 0 Å². The number of β-lactam (4-membered cyclic amide) rings is 1. The van der Waals surface area contributed by atoms with Gasteiger partial charge >= 0.3 is 11.7 Å². The summed E-state index contributed by atoms with van der Waals surface area (Å²) < 4.78 is 6.04. The largest absolute Gasteiger partial charge is 0.477 e. The van der Waals surface area contributed by atoms with Crippen molar-refractivity contribution in [2.24, 2.45) is 7.05 Å². The number of hydrogen-bond donors (Lipinski definition) is 3.